The van der Waals surface area contributed by atoms with Crippen molar-refractivity contribution >= 4 is 35.1 Å². The fourth-order valence-electron chi connectivity index (χ4n) is 4.21. The van der Waals surface area contributed by atoms with Crippen LogP contribution in [-0.4, -0.2) is 33.9 Å². The van der Waals surface area contributed by atoms with Crippen molar-refractivity contribution in [1.29, 1.82) is 0 Å². The van der Waals surface area contributed by atoms with Crippen LogP contribution in [0.25, 0.3) is 6.08 Å². The van der Waals surface area contributed by atoms with E-state index in [1.807, 2.05) is 6.07 Å². The van der Waals surface area contributed by atoms with Gasteiger partial charge in [0, 0.05) is 18.5 Å². The smallest absolute Gasteiger partial charge is 0.338 e. The molecule has 0 N–H and O–H groups in total. The van der Waals surface area contributed by atoms with E-state index < -0.39 is 12.0 Å². The number of hydrogen-bond acceptors (Lipinski definition) is 11. The Morgan fingerprint density at radius 3 is 2.84 bits per heavy atom. The molecule has 1 aromatic carbocycles. The molecule has 3 aromatic heterocycles. The number of hydrogen-bond donors (Lipinski definition) is 0. The molecule has 0 unspecified atom stereocenters. The van der Waals surface area contributed by atoms with Crippen LogP contribution in [-0.2, 0) is 9.53 Å². The van der Waals surface area contributed by atoms with Crippen molar-refractivity contribution in [3.05, 3.63) is 91.1 Å². The highest BCUT2D eigenvalue weighted by Crippen LogP contribution is 2.38. The summed E-state index contributed by atoms with van der Waals surface area (Å²) in [5, 5.41) is 1.15. The van der Waals surface area contributed by atoms with E-state index in [4.69, 9.17) is 18.6 Å². The van der Waals surface area contributed by atoms with Gasteiger partial charge in [0.15, 0.2) is 26.5 Å². The van der Waals surface area contributed by atoms with Crippen LogP contribution in [0.15, 0.2) is 84.5 Å². The molecule has 10 nitrogen and oxygen atoms in total. The molecule has 0 saturated carbocycles. The van der Waals surface area contributed by atoms with E-state index in [-0.39, 0.29) is 19.0 Å². The van der Waals surface area contributed by atoms with Crippen LogP contribution in [0.2, 0.25) is 0 Å². The highest BCUT2D eigenvalue weighted by Gasteiger charge is 2.34. The lowest BCUT2D eigenvalue weighted by atomic mass is 9.95. The third kappa shape index (κ3) is 4.41. The van der Waals surface area contributed by atoms with E-state index in [9.17, 15) is 9.59 Å². The lowest BCUT2D eigenvalue weighted by Crippen LogP contribution is -2.39. The Bertz CT molecular complexity index is 1760. The van der Waals surface area contributed by atoms with E-state index in [0.29, 0.717) is 53.7 Å². The SMILES string of the molecule is CCOC(=O)C1=C(C)N=c2s/c(=C/c3ccc(Sc4ncccn4)o3)c(=O)n2[C@@H]1c1ccc2c(c1)OCO2. The van der Waals surface area contributed by atoms with Crippen molar-refractivity contribution in [3.8, 4) is 11.5 Å². The topological polar surface area (TPSA) is 118 Å². The van der Waals surface area contributed by atoms with E-state index in [1.165, 1.54) is 27.7 Å². The van der Waals surface area contributed by atoms with Gasteiger partial charge in [0.1, 0.15) is 5.76 Å². The van der Waals surface area contributed by atoms with Crippen molar-refractivity contribution in [3.63, 3.8) is 0 Å². The van der Waals surface area contributed by atoms with Crippen molar-refractivity contribution in [2.45, 2.75) is 30.1 Å². The summed E-state index contributed by atoms with van der Waals surface area (Å²) >= 11 is 2.50. The second-order valence-corrected chi connectivity index (χ2v) is 10.2. The Kier molecular flexibility index (Phi) is 6.34. The Hall–Kier alpha value is -4.16. The normalized spacial score (nSPS) is 16.4. The molecule has 0 aliphatic carbocycles. The number of esters is 1. The predicted octanol–water partition coefficient (Wildman–Crippen LogP) is 3.06. The zero-order valence-corrected chi connectivity index (χ0v) is 21.9. The molecular formula is C26H20N4O6S2. The van der Waals surface area contributed by atoms with Crippen molar-refractivity contribution in [1.82, 2.24) is 14.5 Å². The number of carbonyl (C=O) groups is 1. The maximum atomic E-state index is 13.8. The van der Waals surface area contributed by atoms with Crippen LogP contribution in [0.1, 0.15) is 31.2 Å². The largest absolute Gasteiger partial charge is 0.463 e. The molecule has 0 radical (unpaired) electrons. The second-order valence-electron chi connectivity index (χ2n) is 8.21. The quantitative estimate of drug-likeness (QED) is 0.265. The highest BCUT2D eigenvalue weighted by molar-refractivity contribution is 7.99. The summed E-state index contributed by atoms with van der Waals surface area (Å²) in [4.78, 5) is 40.2. The molecule has 38 heavy (non-hydrogen) atoms. The molecule has 4 aromatic rings. The lowest BCUT2D eigenvalue weighted by molar-refractivity contribution is -0.139. The maximum Gasteiger partial charge on any atom is 0.338 e. The van der Waals surface area contributed by atoms with Crippen LogP contribution in [0, 0.1) is 0 Å². The average molecular weight is 549 g/mol. The molecule has 0 saturated heterocycles. The third-order valence-corrected chi connectivity index (χ3v) is 7.64. The van der Waals surface area contributed by atoms with Crippen molar-refractivity contribution < 1.29 is 23.4 Å². The number of fused-ring (bicyclic) bond motifs is 2. The van der Waals surface area contributed by atoms with Gasteiger partial charge in [-0.3, -0.25) is 9.36 Å². The number of nitrogens with zero attached hydrogens (tertiary/aromatic N) is 4. The standard InChI is InChI=1S/C26H20N4O6S2/c1-3-33-24(32)21-14(2)29-26-30(22(21)15-5-7-17-18(11-15)35-13-34-17)23(31)19(37-26)12-16-6-8-20(36-16)38-25-27-9-4-10-28-25/h4-12,22H,3,13H2,1-2H3/b19-12+/t22-/m1/s1. The minimum atomic E-state index is -0.750. The number of thiazole rings is 1. The number of carbonyl (C=O) groups excluding carboxylic acids is 1. The Labute approximate surface area is 223 Å². The zero-order chi connectivity index (χ0) is 26.2. The first-order chi connectivity index (χ1) is 18.5. The Morgan fingerprint density at radius 2 is 2.03 bits per heavy atom. The predicted molar refractivity (Wildman–Crippen MR) is 138 cm³/mol. The molecule has 0 spiro atoms. The van der Waals surface area contributed by atoms with Crippen LogP contribution in [0.3, 0.4) is 0 Å². The lowest BCUT2D eigenvalue weighted by Gasteiger charge is -2.24. The summed E-state index contributed by atoms with van der Waals surface area (Å²) in [7, 11) is 0. The van der Waals surface area contributed by atoms with Gasteiger partial charge in [0.25, 0.3) is 5.56 Å². The minimum absolute atomic E-state index is 0.112. The van der Waals surface area contributed by atoms with Gasteiger partial charge in [-0.05, 0) is 61.5 Å². The first-order valence-electron chi connectivity index (χ1n) is 11.7. The number of allylic oxidation sites excluding steroid dienone is 1. The van der Waals surface area contributed by atoms with Gasteiger partial charge in [-0.15, -0.1) is 0 Å². The molecule has 192 valence electrons. The van der Waals surface area contributed by atoms with Gasteiger partial charge in [-0.1, -0.05) is 17.4 Å². The number of benzene rings is 1. The number of furan rings is 1. The van der Waals surface area contributed by atoms with Crippen LogP contribution < -0.4 is 24.4 Å². The molecule has 2 aliphatic heterocycles. The Morgan fingerprint density at radius 1 is 1.21 bits per heavy atom. The highest BCUT2D eigenvalue weighted by atomic mass is 32.2. The molecule has 1 atom stereocenters. The van der Waals surface area contributed by atoms with E-state index >= 15 is 0 Å². The Balaban J connectivity index is 1.44. The molecule has 5 heterocycles. The summed E-state index contributed by atoms with van der Waals surface area (Å²) in [5.74, 6) is 1.12. The summed E-state index contributed by atoms with van der Waals surface area (Å²) in [6.45, 7) is 3.78. The fourth-order valence-corrected chi connectivity index (χ4v) is 5.92. The molecule has 0 fully saturated rings. The van der Waals surface area contributed by atoms with Gasteiger partial charge in [0.2, 0.25) is 6.79 Å². The average Bonchev–Trinajstić information content (AvgIpc) is 3.63. The minimum Gasteiger partial charge on any atom is -0.463 e. The first kappa shape index (κ1) is 24.2. The monoisotopic (exact) mass is 548 g/mol. The van der Waals surface area contributed by atoms with Gasteiger partial charge in [0.05, 0.1) is 28.5 Å². The molecule has 12 heteroatoms. The van der Waals surface area contributed by atoms with E-state index in [1.54, 1.807) is 62.6 Å². The maximum absolute atomic E-state index is 13.8. The number of rotatable bonds is 6. The summed E-state index contributed by atoms with van der Waals surface area (Å²) < 4.78 is 24.2. The summed E-state index contributed by atoms with van der Waals surface area (Å²) in [6.07, 6.45) is 4.98. The molecule has 6 rings (SSSR count). The fraction of sp³-hybridized carbons (Fsp3) is 0.192. The van der Waals surface area contributed by atoms with Crippen molar-refractivity contribution in [2.24, 2.45) is 4.99 Å². The summed E-state index contributed by atoms with van der Waals surface area (Å²) in [5.41, 5.74) is 1.16. The third-order valence-electron chi connectivity index (χ3n) is 5.84. The van der Waals surface area contributed by atoms with E-state index in [2.05, 4.69) is 15.0 Å². The van der Waals surface area contributed by atoms with Crippen LogP contribution in [0.4, 0.5) is 0 Å². The number of aromatic nitrogens is 3. The van der Waals surface area contributed by atoms with Gasteiger partial charge in [-0.2, -0.15) is 0 Å². The van der Waals surface area contributed by atoms with Gasteiger partial charge < -0.3 is 18.6 Å². The molecule has 2 aliphatic rings. The summed E-state index contributed by atoms with van der Waals surface area (Å²) in [6, 6.07) is 9.92. The molecule has 0 bridgehead atoms. The van der Waals surface area contributed by atoms with Gasteiger partial charge >= 0.3 is 5.97 Å². The van der Waals surface area contributed by atoms with Crippen LogP contribution >= 0.6 is 23.1 Å². The first-order valence-corrected chi connectivity index (χ1v) is 13.3. The van der Waals surface area contributed by atoms with Crippen LogP contribution in [0.5, 0.6) is 11.5 Å². The number of ether oxygens (including phenoxy) is 3. The van der Waals surface area contributed by atoms with Crippen molar-refractivity contribution in [2.75, 3.05) is 13.4 Å². The zero-order valence-electron chi connectivity index (χ0n) is 20.2. The molecular weight excluding hydrogens is 528 g/mol. The van der Waals surface area contributed by atoms with Gasteiger partial charge in [-0.25, -0.2) is 19.8 Å². The molecule has 0 amide bonds. The second kappa shape index (κ2) is 9.95. The van der Waals surface area contributed by atoms with E-state index in [0.717, 1.165) is 0 Å².